The molecule has 0 aliphatic carbocycles. The van der Waals surface area contributed by atoms with Gasteiger partial charge >= 0.3 is 5.69 Å². The molecule has 1 aliphatic rings. The highest BCUT2D eigenvalue weighted by molar-refractivity contribution is 5.18. The minimum Gasteiger partial charge on any atom is -0.394 e. The Kier molecular flexibility index (Phi) is 3.56. The molecule has 0 spiro atoms. The number of rotatable bonds is 3. The van der Waals surface area contributed by atoms with E-state index >= 15 is 0 Å². The van der Waals surface area contributed by atoms with Crippen LogP contribution in [0, 0.1) is 0 Å². The molecule has 106 valence electrons. The third-order valence-corrected chi connectivity index (χ3v) is 3.19. The molecular formula is C10H14N2O7. The van der Waals surface area contributed by atoms with Crippen LogP contribution in [0.5, 0.6) is 0 Å². The van der Waals surface area contributed by atoms with Gasteiger partial charge in [-0.3, -0.25) is 9.78 Å². The first-order valence-corrected chi connectivity index (χ1v) is 5.53. The number of hydrogen-bond acceptors (Lipinski definition) is 7. The molecule has 0 unspecified atom stereocenters. The molecule has 1 aliphatic heterocycles. The summed E-state index contributed by atoms with van der Waals surface area (Å²) in [5.74, 6) is 0. The van der Waals surface area contributed by atoms with Crippen molar-refractivity contribution in [2.24, 2.45) is 0 Å². The van der Waals surface area contributed by atoms with Crippen LogP contribution < -0.4 is 11.2 Å². The van der Waals surface area contributed by atoms with Crippen LogP contribution in [0.4, 0.5) is 0 Å². The quantitative estimate of drug-likeness (QED) is 0.335. The second-order valence-corrected chi connectivity index (χ2v) is 4.36. The number of hydrogen-bond donors (Lipinski definition) is 6. The lowest BCUT2D eigenvalue weighted by Gasteiger charge is -2.28. The minimum atomic E-state index is -2.14. The van der Waals surface area contributed by atoms with Gasteiger partial charge in [0.1, 0.15) is 23.9 Å². The van der Waals surface area contributed by atoms with Crippen molar-refractivity contribution in [1.82, 2.24) is 9.97 Å². The van der Waals surface area contributed by atoms with E-state index < -0.39 is 48.4 Å². The smallest absolute Gasteiger partial charge is 0.325 e. The summed E-state index contributed by atoms with van der Waals surface area (Å²) in [7, 11) is 0. The van der Waals surface area contributed by atoms with E-state index in [2.05, 4.69) is 4.98 Å². The molecule has 0 aromatic carbocycles. The van der Waals surface area contributed by atoms with Gasteiger partial charge in [0, 0.05) is 6.20 Å². The first kappa shape index (κ1) is 13.9. The van der Waals surface area contributed by atoms with Crippen molar-refractivity contribution in [2.45, 2.75) is 23.9 Å². The SMILES string of the molecule is O=c1[nH]cc([C@@H]2O[C@H](CO)[C@@H](O)[C@]2(O)CO)c(=O)[nH]1. The van der Waals surface area contributed by atoms with Crippen molar-refractivity contribution < 1.29 is 25.2 Å². The van der Waals surface area contributed by atoms with Gasteiger partial charge in [0.2, 0.25) is 0 Å². The molecule has 1 aromatic rings. The summed E-state index contributed by atoms with van der Waals surface area (Å²) >= 11 is 0. The van der Waals surface area contributed by atoms with E-state index in [9.17, 15) is 24.9 Å². The monoisotopic (exact) mass is 274 g/mol. The fourth-order valence-corrected chi connectivity index (χ4v) is 2.12. The molecule has 1 fully saturated rings. The third-order valence-electron chi connectivity index (χ3n) is 3.19. The number of aromatic amines is 2. The summed E-state index contributed by atoms with van der Waals surface area (Å²) in [6.07, 6.45) is -3.06. The van der Waals surface area contributed by atoms with Crippen LogP contribution >= 0.6 is 0 Å². The van der Waals surface area contributed by atoms with Crippen molar-refractivity contribution in [3.8, 4) is 0 Å². The maximum Gasteiger partial charge on any atom is 0.325 e. The molecule has 9 heteroatoms. The molecule has 6 N–H and O–H groups in total. The van der Waals surface area contributed by atoms with Crippen molar-refractivity contribution in [2.75, 3.05) is 13.2 Å². The highest BCUT2D eigenvalue weighted by Crippen LogP contribution is 2.39. The number of H-pyrrole nitrogens is 2. The van der Waals surface area contributed by atoms with E-state index in [4.69, 9.17) is 9.84 Å². The normalized spacial score (nSPS) is 34.6. The fourth-order valence-electron chi connectivity index (χ4n) is 2.12. The van der Waals surface area contributed by atoms with E-state index in [0.29, 0.717) is 0 Å². The third kappa shape index (κ3) is 2.11. The van der Waals surface area contributed by atoms with Gasteiger partial charge in [-0.15, -0.1) is 0 Å². The summed E-state index contributed by atoms with van der Waals surface area (Å²) in [6, 6.07) is 0. The molecule has 0 amide bonds. The zero-order valence-electron chi connectivity index (χ0n) is 9.74. The number of aliphatic hydroxyl groups excluding tert-OH is 3. The number of aliphatic hydroxyl groups is 4. The largest absolute Gasteiger partial charge is 0.394 e. The summed E-state index contributed by atoms with van der Waals surface area (Å²) in [4.78, 5) is 26.7. The zero-order valence-corrected chi connectivity index (χ0v) is 9.74. The lowest BCUT2D eigenvalue weighted by molar-refractivity contribution is -0.110. The standard InChI is InChI=1S/C10H14N2O7/c13-2-5-6(15)10(18,3-14)7(19-5)4-1-11-9(17)12-8(4)16/h1,5-7,13-15,18H,2-3H2,(H2,11,12,16,17)/t5-,6-,7+,10-/m1/s1. The van der Waals surface area contributed by atoms with Gasteiger partial charge in [-0.05, 0) is 0 Å². The molecule has 0 radical (unpaired) electrons. The van der Waals surface area contributed by atoms with Gasteiger partial charge in [-0.25, -0.2) is 4.79 Å². The van der Waals surface area contributed by atoms with Gasteiger partial charge < -0.3 is 30.1 Å². The molecule has 4 atom stereocenters. The van der Waals surface area contributed by atoms with Gasteiger partial charge in [0.15, 0.2) is 0 Å². The summed E-state index contributed by atoms with van der Waals surface area (Å²) < 4.78 is 5.18. The van der Waals surface area contributed by atoms with Gasteiger partial charge in [-0.1, -0.05) is 0 Å². The topological polar surface area (TPSA) is 156 Å². The summed E-state index contributed by atoms with van der Waals surface area (Å²) in [5.41, 5.74) is -3.85. The van der Waals surface area contributed by atoms with Crippen molar-refractivity contribution in [3.05, 3.63) is 32.6 Å². The predicted molar refractivity (Wildman–Crippen MR) is 60.4 cm³/mol. The Morgan fingerprint density at radius 3 is 2.58 bits per heavy atom. The van der Waals surface area contributed by atoms with Crippen LogP contribution in [0.2, 0.25) is 0 Å². The number of aromatic nitrogens is 2. The lowest BCUT2D eigenvalue weighted by atomic mass is 9.88. The van der Waals surface area contributed by atoms with Crippen LogP contribution in [-0.4, -0.2) is 61.4 Å². The van der Waals surface area contributed by atoms with Gasteiger partial charge in [0.05, 0.1) is 18.8 Å². The average molecular weight is 274 g/mol. The Bertz CT molecular complexity index is 567. The Morgan fingerprint density at radius 1 is 1.37 bits per heavy atom. The summed E-state index contributed by atoms with van der Waals surface area (Å²) in [5, 5.41) is 38.3. The summed E-state index contributed by atoms with van der Waals surface area (Å²) in [6.45, 7) is -1.48. The molecule has 2 heterocycles. The highest BCUT2D eigenvalue weighted by atomic mass is 16.6. The Morgan fingerprint density at radius 2 is 2.05 bits per heavy atom. The van der Waals surface area contributed by atoms with E-state index in [0.717, 1.165) is 6.20 Å². The van der Waals surface area contributed by atoms with Crippen molar-refractivity contribution >= 4 is 0 Å². The van der Waals surface area contributed by atoms with Crippen LogP contribution in [0.15, 0.2) is 15.8 Å². The second-order valence-electron chi connectivity index (χ2n) is 4.36. The Balaban J connectivity index is 2.48. The fraction of sp³-hybridized carbons (Fsp3) is 0.600. The molecule has 1 aromatic heterocycles. The van der Waals surface area contributed by atoms with Crippen molar-refractivity contribution in [3.63, 3.8) is 0 Å². The lowest BCUT2D eigenvalue weighted by Crippen LogP contribution is -2.49. The molecule has 1 saturated heterocycles. The van der Waals surface area contributed by atoms with Crippen molar-refractivity contribution in [1.29, 1.82) is 0 Å². The highest BCUT2D eigenvalue weighted by Gasteiger charge is 2.56. The molecule has 0 bridgehead atoms. The molecule has 9 nitrogen and oxygen atoms in total. The number of nitrogens with one attached hydrogen (secondary N) is 2. The van der Waals surface area contributed by atoms with E-state index in [-0.39, 0.29) is 5.56 Å². The maximum atomic E-state index is 11.6. The minimum absolute atomic E-state index is 0.161. The Labute approximate surface area is 106 Å². The first-order chi connectivity index (χ1) is 8.93. The van der Waals surface area contributed by atoms with E-state index in [1.54, 1.807) is 0 Å². The molecule has 19 heavy (non-hydrogen) atoms. The first-order valence-electron chi connectivity index (χ1n) is 5.53. The van der Waals surface area contributed by atoms with Gasteiger partial charge in [-0.2, -0.15) is 0 Å². The van der Waals surface area contributed by atoms with Crippen LogP contribution in [0.3, 0.4) is 0 Å². The average Bonchev–Trinajstić information content (AvgIpc) is 2.63. The molecular weight excluding hydrogens is 260 g/mol. The predicted octanol–water partition coefficient (Wildman–Crippen LogP) is -3.42. The van der Waals surface area contributed by atoms with Crippen LogP contribution in [0.1, 0.15) is 11.7 Å². The van der Waals surface area contributed by atoms with Crippen LogP contribution in [0.25, 0.3) is 0 Å². The van der Waals surface area contributed by atoms with Gasteiger partial charge in [0.25, 0.3) is 5.56 Å². The molecule has 2 rings (SSSR count). The van der Waals surface area contributed by atoms with E-state index in [1.807, 2.05) is 4.98 Å². The molecule has 0 saturated carbocycles. The Hall–Kier alpha value is -1.52. The van der Waals surface area contributed by atoms with E-state index in [1.165, 1.54) is 0 Å². The zero-order chi connectivity index (χ0) is 14.2. The number of ether oxygens (including phenoxy) is 1. The second kappa shape index (κ2) is 4.87. The van der Waals surface area contributed by atoms with Crippen LogP contribution in [-0.2, 0) is 4.74 Å². The maximum absolute atomic E-state index is 11.6.